The Kier molecular flexibility index (Phi) is 5.92. The number of nitrogens with zero attached hydrogens (tertiary/aromatic N) is 3. The molecule has 0 bridgehead atoms. The molecule has 1 amide bonds. The number of piperazine rings is 1. The van der Waals surface area contributed by atoms with Crippen molar-refractivity contribution in [3.8, 4) is 0 Å². The predicted molar refractivity (Wildman–Crippen MR) is 94.8 cm³/mol. The van der Waals surface area contributed by atoms with Crippen molar-refractivity contribution in [2.24, 2.45) is 0 Å². The van der Waals surface area contributed by atoms with Crippen LogP contribution in [-0.4, -0.2) is 61.5 Å². The van der Waals surface area contributed by atoms with Crippen LogP contribution in [0.2, 0.25) is 0 Å². The van der Waals surface area contributed by atoms with Crippen LogP contribution >= 0.6 is 0 Å². The summed E-state index contributed by atoms with van der Waals surface area (Å²) in [5.74, 6) is 0.333. The highest BCUT2D eigenvalue weighted by atomic mass is 16.2. The van der Waals surface area contributed by atoms with E-state index in [9.17, 15) is 4.79 Å². The van der Waals surface area contributed by atoms with Gasteiger partial charge in [0.15, 0.2) is 0 Å². The van der Waals surface area contributed by atoms with Gasteiger partial charge >= 0.3 is 0 Å². The van der Waals surface area contributed by atoms with E-state index in [4.69, 9.17) is 0 Å². The summed E-state index contributed by atoms with van der Waals surface area (Å²) in [7, 11) is 0. The van der Waals surface area contributed by atoms with Gasteiger partial charge in [-0.05, 0) is 25.0 Å². The summed E-state index contributed by atoms with van der Waals surface area (Å²) in [6.07, 6.45) is 6.24. The molecule has 0 unspecified atom stereocenters. The summed E-state index contributed by atoms with van der Waals surface area (Å²) in [5, 5.41) is 0. The third-order valence-corrected chi connectivity index (χ3v) is 5.06. The molecule has 2 heterocycles. The monoisotopic (exact) mass is 315 g/mol. The summed E-state index contributed by atoms with van der Waals surface area (Å²) < 4.78 is 0. The summed E-state index contributed by atoms with van der Waals surface area (Å²) >= 11 is 0. The van der Waals surface area contributed by atoms with Crippen LogP contribution in [0.5, 0.6) is 0 Å². The molecule has 0 atom stereocenters. The number of hydrogen-bond donors (Lipinski definition) is 0. The number of amides is 1. The first-order valence-electron chi connectivity index (χ1n) is 9.13. The van der Waals surface area contributed by atoms with Crippen molar-refractivity contribution in [2.45, 2.75) is 32.1 Å². The third kappa shape index (κ3) is 4.71. The van der Waals surface area contributed by atoms with Gasteiger partial charge in [-0.1, -0.05) is 37.5 Å². The molecule has 3 rings (SSSR count). The highest BCUT2D eigenvalue weighted by Crippen LogP contribution is 2.16. The number of carbonyl (C=O) groups is 1. The van der Waals surface area contributed by atoms with E-state index in [1.807, 2.05) is 0 Å². The normalized spacial score (nSPS) is 20.9. The van der Waals surface area contributed by atoms with Crippen LogP contribution < -0.4 is 4.90 Å². The van der Waals surface area contributed by atoms with Crippen molar-refractivity contribution < 1.29 is 4.79 Å². The van der Waals surface area contributed by atoms with Crippen LogP contribution in [0.4, 0.5) is 5.69 Å². The Bertz CT molecular complexity index is 475. The van der Waals surface area contributed by atoms with E-state index in [1.54, 1.807) is 0 Å². The fraction of sp³-hybridized carbons (Fsp3) is 0.632. The zero-order chi connectivity index (χ0) is 15.9. The van der Waals surface area contributed by atoms with Gasteiger partial charge in [-0.15, -0.1) is 0 Å². The number of hydrogen-bond acceptors (Lipinski definition) is 3. The number of rotatable bonds is 3. The molecule has 0 aliphatic carbocycles. The lowest BCUT2D eigenvalue weighted by atomic mass is 10.1. The molecule has 4 nitrogen and oxygen atoms in total. The molecule has 2 fully saturated rings. The Balaban J connectivity index is 1.45. The molecule has 4 heteroatoms. The van der Waals surface area contributed by atoms with Gasteiger partial charge in [0.25, 0.3) is 0 Å². The molecule has 0 spiro atoms. The lowest BCUT2D eigenvalue weighted by Gasteiger charge is -2.36. The summed E-state index contributed by atoms with van der Waals surface area (Å²) in [5.41, 5.74) is 1.29. The molecule has 23 heavy (non-hydrogen) atoms. The Hall–Kier alpha value is -1.55. The molecule has 1 aromatic rings. The lowest BCUT2D eigenvalue weighted by Crippen LogP contribution is -2.50. The second-order valence-corrected chi connectivity index (χ2v) is 6.75. The fourth-order valence-corrected chi connectivity index (χ4v) is 3.59. The van der Waals surface area contributed by atoms with Crippen molar-refractivity contribution >= 4 is 11.6 Å². The molecule has 1 aromatic carbocycles. The summed E-state index contributed by atoms with van der Waals surface area (Å²) in [4.78, 5) is 19.4. The van der Waals surface area contributed by atoms with Crippen LogP contribution in [0.3, 0.4) is 0 Å². The molecule has 126 valence electrons. The lowest BCUT2D eigenvalue weighted by molar-refractivity contribution is -0.132. The Morgan fingerprint density at radius 2 is 1.39 bits per heavy atom. The maximum absolute atomic E-state index is 12.6. The molecule has 2 saturated heterocycles. The SMILES string of the molecule is O=C(CN1CCN(c2ccccc2)CC1)N1CCCCCCC1. The van der Waals surface area contributed by atoms with Crippen LogP contribution in [-0.2, 0) is 4.79 Å². The Morgan fingerprint density at radius 3 is 2.04 bits per heavy atom. The standard InChI is InChI=1S/C19H29N3O/c23-19(22-11-7-2-1-3-8-12-22)17-20-13-15-21(16-14-20)18-9-5-4-6-10-18/h4-6,9-10H,1-3,7-8,11-17H2. The van der Waals surface area contributed by atoms with Crippen LogP contribution in [0.25, 0.3) is 0 Å². The smallest absolute Gasteiger partial charge is 0.236 e. The van der Waals surface area contributed by atoms with Gasteiger partial charge in [0, 0.05) is 45.0 Å². The largest absolute Gasteiger partial charge is 0.369 e. The van der Waals surface area contributed by atoms with Gasteiger partial charge in [0.1, 0.15) is 0 Å². The first-order chi connectivity index (χ1) is 11.3. The van der Waals surface area contributed by atoms with Gasteiger partial charge in [0.2, 0.25) is 5.91 Å². The number of likely N-dealkylation sites (tertiary alicyclic amines) is 1. The van der Waals surface area contributed by atoms with Gasteiger partial charge in [-0.3, -0.25) is 9.69 Å². The molecular formula is C19H29N3O. The van der Waals surface area contributed by atoms with Crippen molar-refractivity contribution in [1.29, 1.82) is 0 Å². The molecule has 2 aliphatic rings. The topological polar surface area (TPSA) is 26.8 Å². The van der Waals surface area contributed by atoms with Crippen molar-refractivity contribution in [3.05, 3.63) is 30.3 Å². The fourth-order valence-electron chi connectivity index (χ4n) is 3.59. The molecule has 2 aliphatic heterocycles. The minimum absolute atomic E-state index is 0.333. The number of benzene rings is 1. The third-order valence-electron chi connectivity index (χ3n) is 5.06. The van der Waals surface area contributed by atoms with Gasteiger partial charge in [0.05, 0.1) is 6.54 Å². The van der Waals surface area contributed by atoms with Crippen LogP contribution in [0.1, 0.15) is 32.1 Å². The van der Waals surface area contributed by atoms with E-state index in [-0.39, 0.29) is 0 Å². The van der Waals surface area contributed by atoms with E-state index >= 15 is 0 Å². The molecular weight excluding hydrogens is 286 g/mol. The van der Waals surface area contributed by atoms with E-state index in [0.717, 1.165) is 39.3 Å². The summed E-state index contributed by atoms with van der Waals surface area (Å²) in [6, 6.07) is 10.6. The second-order valence-electron chi connectivity index (χ2n) is 6.75. The zero-order valence-corrected chi connectivity index (χ0v) is 14.1. The maximum atomic E-state index is 12.6. The van der Waals surface area contributed by atoms with Gasteiger partial charge in [-0.25, -0.2) is 0 Å². The van der Waals surface area contributed by atoms with Crippen LogP contribution in [0, 0.1) is 0 Å². The van der Waals surface area contributed by atoms with Crippen molar-refractivity contribution in [2.75, 3.05) is 50.7 Å². The first-order valence-corrected chi connectivity index (χ1v) is 9.13. The van der Waals surface area contributed by atoms with Crippen molar-refractivity contribution in [1.82, 2.24) is 9.80 Å². The zero-order valence-electron chi connectivity index (χ0n) is 14.1. The van der Waals surface area contributed by atoms with E-state index in [2.05, 4.69) is 45.0 Å². The Morgan fingerprint density at radius 1 is 0.783 bits per heavy atom. The van der Waals surface area contributed by atoms with Crippen LogP contribution in [0.15, 0.2) is 30.3 Å². The minimum Gasteiger partial charge on any atom is -0.369 e. The number of anilines is 1. The first kappa shape index (κ1) is 16.3. The molecule has 0 saturated carbocycles. The van der Waals surface area contributed by atoms with E-state index in [1.165, 1.54) is 37.8 Å². The maximum Gasteiger partial charge on any atom is 0.236 e. The number of carbonyl (C=O) groups excluding carboxylic acids is 1. The molecule has 0 radical (unpaired) electrons. The highest BCUT2D eigenvalue weighted by molar-refractivity contribution is 5.78. The molecule has 0 N–H and O–H groups in total. The van der Waals surface area contributed by atoms with E-state index < -0.39 is 0 Å². The van der Waals surface area contributed by atoms with Gasteiger partial charge in [-0.2, -0.15) is 0 Å². The van der Waals surface area contributed by atoms with Gasteiger partial charge < -0.3 is 9.80 Å². The minimum atomic E-state index is 0.333. The highest BCUT2D eigenvalue weighted by Gasteiger charge is 2.22. The quantitative estimate of drug-likeness (QED) is 0.858. The van der Waals surface area contributed by atoms with E-state index in [0.29, 0.717) is 12.5 Å². The summed E-state index contributed by atoms with van der Waals surface area (Å²) in [6.45, 7) is 6.51. The predicted octanol–water partition coefficient (Wildman–Crippen LogP) is 2.60. The molecule has 0 aromatic heterocycles. The van der Waals surface area contributed by atoms with Crippen molar-refractivity contribution in [3.63, 3.8) is 0 Å². The number of para-hydroxylation sites is 1. The average molecular weight is 315 g/mol. The average Bonchev–Trinajstić information content (AvgIpc) is 2.56. The second kappa shape index (κ2) is 8.34. The Labute approximate surface area is 140 Å².